The summed E-state index contributed by atoms with van der Waals surface area (Å²) in [5.41, 5.74) is 1.42. The van der Waals surface area contributed by atoms with Gasteiger partial charge in [0.05, 0.1) is 22.6 Å². The molecule has 0 bridgehead atoms. The van der Waals surface area contributed by atoms with E-state index in [4.69, 9.17) is 4.74 Å². The van der Waals surface area contributed by atoms with Crippen LogP contribution in [0.15, 0.2) is 22.9 Å². The van der Waals surface area contributed by atoms with Crippen LogP contribution in [0.4, 0.5) is 3.89 Å². The van der Waals surface area contributed by atoms with Gasteiger partial charge in [0, 0.05) is 6.07 Å². The molecule has 0 saturated heterocycles. The number of nitrogens with zero attached hydrogens (tertiary/aromatic N) is 2. The summed E-state index contributed by atoms with van der Waals surface area (Å²) in [5.74, 6) is 0.660. The molecule has 0 radical (unpaired) electrons. The smallest absolute Gasteiger partial charge is 0.171 e. The summed E-state index contributed by atoms with van der Waals surface area (Å²) in [5, 5.41) is 0. The highest BCUT2D eigenvalue weighted by molar-refractivity contribution is 9.10. The first-order valence-corrected chi connectivity index (χ1v) is 5.22. The van der Waals surface area contributed by atoms with Crippen LogP contribution >= 0.6 is 28.3 Å². The van der Waals surface area contributed by atoms with Crippen molar-refractivity contribution in [3.63, 3.8) is 0 Å². The van der Waals surface area contributed by atoms with E-state index >= 15 is 0 Å². The standard InChI is InChI=1S/C8H6BrFN2OS/c1-13-8-3-7-6(2-5(8)9)11-4-12(7)14-10/h2-4H,1H3. The Labute approximate surface area is 92.8 Å². The second-order valence-electron chi connectivity index (χ2n) is 2.61. The van der Waals surface area contributed by atoms with E-state index in [0.29, 0.717) is 11.3 Å². The second kappa shape index (κ2) is 3.78. The molecule has 1 aromatic carbocycles. The molecule has 1 heterocycles. The molecule has 3 nitrogen and oxygen atoms in total. The lowest BCUT2D eigenvalue weighted by Gasteiger charge is -2.03. The molecule has 14 heavy (non-hydrogen) atoms. The van der Waals surface area contributed by atoms with Crippen molar-refractivity contribution in [1.29, 1.82) is 0 Å². The van der Waals surface area contributed by atoms with Crippen LogP contribution in [0.2, 0.25) is 0 Å². The van der Waals surface area contributed by atoms with Crippen molar-refractivity contribution in [1.82, 2.24) is 8.96 Å². The van der Waals surface area contributed by atoms with Crippen molar-refractivity contribution < 1.29 is 8.62 Å². The maximum Gasteiger partial charge on any atom is 0.171 e. The van der Waals surface area contributed by atoms with Gasteiger partial charge in [0.1, 0.15) is 12.1 Å². The third kappa shape index (κ3) is 1.48. The molecule has 0 fully saturated rings. The number of imidazole rings is 1. The fourth-order valence-corrected chi connectivity index (χ4v) is 2.00. The van der Waals surface area contributed by atoms with Crippen LogP contribution in [-0.2, 0) is 0 Å². The number of hydrogen-bond acceptors (Lipinski definition) is 3. The highest BCUT2D eigenvalue weighted by atomic mass is 79.9. The highest BCUT2D eigenvalue weighted by Crippen LogP contribution is 2.31. The SMILES string of the molecule is COc1cc2c(cc1Br)ncn2SF. The van der Waals surface area contributed by atoms with Crippen molar-refractivity contribution in [3.05, 3.63) is 22.9 Å². The van der Waals surface area contributed by atoms with Crippen molar-refractivity contribution >= 4 is 39.3 Å². The van der Waals surface area contributed by atoms with Gasteiger partial charge in [0.2, 0.25) is 0 Å². The lowest BCUT2D eigenvalue weighted by molar-refractivity contribution is 0.412. The van der Waals surface area contributed by atoms with Gasteiger partial charge in [0.15, 0.2) is 12.3 Å². The summed E-state index contributed by atoms with van der Waals surface area (Å²) in [6, 6.07) is 3.53. The Morgan fingerprint density at radius 3 is 3.00 bits per heavy atom. The fraction of sp³-hybridized carbons (Fsp3) is 0.125. The van der Waals surface area contributed by atoms with E-state index in [0.717, 1.165) is 9.99 Å². The molecule has 0 atom stereocenters. The lowest BCUT2D eigenvalue weighted by atomic mass is 10.3. The molecule has 0 aliphatic rings. The molecule has 0 spiro atoms. The predicted octanol–water partition coefficient (Wildman–Crippen LogP) is 3.19. The summed E-state index contributed by atoms with van der Waals surface area (Å²) in [4.78, 5) is 4.04. The molecule has 74 valence electrons. The van der Waals surface area contributed by atoms with Crippen LogP contribution in [0.25, 0.3) is 11.0 Å². The fourth-order valence-electron chi connectivity index (χ4n) is 1.20. The minimum absolute atomic E-state index is 0.113. The first kappa shape index (κ1) is 9.79. The average Bonchev–Trinajstić information content (AvgIpc) is 2.58. The van der Waals surface area contributed by atoms with Crippen molar-refractivity contribution in [2.75, 3.05) is 7.11 Å². The van der Waals surface area contributed by atoms with Crippen LogP contribution in [0.5, 0.6) is 5.75 Å². The molecule has 0 aliphatic heterocycles. The number of aromatic nitrogens is 2. The summed E-state index contributed by atoms with van der Waals surface area (Å²) >= 11 is 3.45. The zero-order valence-corrected chi connectivity index (χ0v) is 9.60. The Morgan fingerprint density at radius 1 is 1.57 bits per heavy atom. The number of ether oxygens (including phenoxy) is 1. The van der Waals surface area contributed by atoms with E-state index in [1.165, 1.54) is 10.3 Å². The number of fused-ring (bicyclic) bond motifs is 1. The van der Waals surface area contributed by atoms with Gasteiger partial charge in [-0.3, -0.25) is 0 Å². The van der Waals surface area contributed by atoms with Gasteiger partial charge in [-0.1, -0.05) is 0 Å². The van der Waals surface area contributed by atoms with Crippen LogP contribution in [0, 0.1) is 0 Å². The van der Waals surface area contributed by atoms with Crippen LogP contribution < -0.4 is 4.74 Å². The molecule has 0 aliphatic carbocycles. The molecular formula is C8H6BrFN2OS. The van der Waals surface area contributed by atoms with Gasteiger partial charge in [-0.25, -0.2) is 8.96 Å². The van der Waals surface area contributed by atoms with Crippen LogP contribution in [0.1, 0.15) is 0 Å². The summed E-state index contributed by atoms with van der Waals surface area (Å²) in [6.45, 7) is 0. The average molecular weight is 277 g/mol. The third-order valence-electron chi connectivity index (χ3n) is 1.86. The van der Waals surface area contributed by atoms with Gasteiger partial charge >= 0.3 is 0 Å². The van der Waals surface area contributed by atoms with E-state index in [-0.39, 0.29) is 12.3 Å². The van der Waals surface area contributed by atoms with Gasteiger partial charge in [-0.05, 0) is 22.0 Å². The van der Waals surface area contributed by atoms with Gasteiger partial charge in [-0.2, -0.15) is 0 Å². The highest BCUT2D eigenvalue weighted by Gasteiger charge is 2.08. The Balaban J connectivity index is 2.70. The number of rotatable bonds is 2. The van der Waals surface area contributed by atoms with E-state index in [9.17, 15) is 3.89 Å². The summed E-state index contributed by atoms with van der Waals surface area (Å²) in [6.07, 6.45) is 1.43. The maximum absolute atomic E-state index is 12.4. The molecular weight excluding hydrogens is 271 g/mol. The minimum Gasteiger partial charge on any atom is -0.495 e. The molecule has 2 aromatic rings. The maximum atomic E-state index is 12.4. The zero-order valence-electron chi connectivity index (χ0n) is 7.20. The lowest BCUT2D eigenvalue weighted by Crippen LogP contribution is -1.86. The number of hydrogen-bond donors (Lipinski definition) is 0. The number of benzene rings is 1. The van der Waals surface area contributed by atoms with E-state index in [2.05, 4.69) is 20.9 Å². The van der Waals surface area contributed by atoms with Crippen LogP contribution in [-0.4, -0.2) is 16.1 Å². The number of methoxy groups -OCH3 is 1. The second-order valence-corrected chi connectivity index (χ2v) is 4.00. The molecule has 0 saturated carbocycles. The van der Waals surface area contributed by atoms with Crippen molar-refractivity contribution in [2.45, 2.75) is 0 Å². The monoisotopic (exact) mass is 276 g/mol. The summed E-state index contributed by atoms with van der Waals surface area (Å²) in [7, 11) is 1.56. The first-order valence-electron chi connectivity index (χ1n) is 3.76. The minimum atomic E-state index is 0.113. The molecule has 2 rings (SSSR count). The van der Waals surface area contributed by atoms with Gasteiger partial charge < -0.3 is 4.74 Å². The van der Waals surface area contributed by atoms with E-state index in [1.54, 1.807) is 19.2 Å². The Kier molecular flexibility index (Phi) is 2.64. The molecule has 1 aromatic heterocycles. The van der Waals surface area contributed by atoms with E-state index in [1.807, 2.05) is 0 Å². The third-order valence-corrected chi connectivity index (χ3v) is 2.92. The van der Waals surface area contributed by atoms with Gasteiger partial charge in [-0.15, -0.1) is 3.89 Å². The Morgan fingerprint density at radius 2 is 2.36 bits per heavy atom. The first-order chi connectivity index (χ1) is 6.76. The molecule has 0 unspecified atom stereocenters. The predicted molar refractivity (Wildman–Crippen MR) is 58.1 cm³/mol. The summed E-state index contributed by atoms with van der Waals surface area (Å²) < 4.78 is 19.7. The Hall–Kier alpha value is -0.750. The largest absolute Gasteiger partial charge is 0.495 e. The van der Waals surface area contributed by atoms with Crippen LogP contribution in [0.3, 0.4) is 0 Å². The number of halogens is 2. The van der Waals surface area contributed by atoms with Gasteiger partial charge in [0.25, 0.3) is 0 Å². The van der Waals surface area contributed by atoms with E-state index < -0.39 is 0 Å². The van der Waals surface area contributed by atoms with Crippen molar-refractivity contribution in [3.8, 4) is 5.75 Å². The molecule has 0 N–H and O–H groups in total. The topological polar surface area (TPSA) is 27.1 Å². The molecule has 0 amide bonds. The zero-order chi connectivity index (χ0) is 10.1. The molecule has 6 heteroatoms. The normalized spacial score (nSPS) is 10.8. The van der Waals surface area contributed by atoms with Crippen molar-refractivity contribution in [2.24, 2.45) is 0 Å². The quantitative estimate of drug-likeness (QED) is 0.843. The Bertz CT molecular complexity index is 474.